The van der Waals surface area contributed by atoms with Gasteiger partial charge >= 0.3 is 26.8 Å². The van der Waals surface area contributed by atoms with Gasteiger partial charge in [-0.1, -0.05) is 59.4 Å². The number of rotatable bonds is 0. The Morgan fingerprint density at radius 3 is 1.19 bits per heavy atom. The molecule has 1 aromatic rings. The predicted octanol–water partition coefficient (Wildman–Crippen LogP) is 6.39. The van der Waals surface area contributed by atoms with Crippen molar-refractivity contribution < 1.29 is 19.2 Å². The van der Waals surface area contributed by atoms with Crippen molar-refractivity contribution in [3.8, 4) is 0 Å². The van der Waals surface area contributed by atoms with E-state index in [1.165, 1.54) is 33.4 Å². The van der Waals surface area contributed by atoms with Gasteiger partial charge < -0.3 is 0 Å². The second kappa shape index (κ2) is 13.2. The molecule has 2 heteroatoms. The fourth-order valence-electron chi connectivity index (χ4n) is 2.80. The molecule has 146 valence electrons. The summed E-state index contributed by atoms with van der Waals surface area (Å²) in [7, 11) is 1.86. The monoisotopic (exact) mass is 411 g/mol. The summed E-state index contributed by atoms with van der Waals surface area (Å²) in [5, 5.41) is 0. The molecule has 0 amide bonds. The molecule has 0 bridgehead atoms. The first-order valence-electron chi connectivity index (χ1n) is 9.43. The van der Waals surface area contributed by atoms with E-state index in [9.17, 15) is 0 Å². The number of benzene rings is 1. The molecular weight excluding hydrogens is 376 g/mol. The normalized spacial score (nSPS) is 20.4. The summed E-state index contributed by atoms with van der Waals surface area (Å²) in [6.07, 6.45) is 6.72. The van der Waals surface area contributed by atoms with Gasteiger partial charge in [0.2, 0.25) is 0 Å². The molecule has 0 aromatic heterocycles. The number of allylic oxidation sites excluding steroid dienone is 8. The van der Waals surface area contributed by atoms with Crippen molar-refractivity contribution in [3.63, 3.8) is 0 Å². The molecular formula is C25H35SiTi-3. The van der Waals surface area contributed by atoms with Crippen LogP contribution in [0.1, 0.15) is 61.0 Å². The van der Waals surface area contributed by atoms with E-state index in [1.54, 1.807) is 0 Å². The summed E-state index contributed by atoms with van der Waals surface area (Å²) < 4.78 is 0. The van der Waals surface area contributed by atoms with Gasteiger partial charge in [-0.3, -0.25) is 12.2 Å². The van der Waals surface area contributed by atoms with Crippen LogP contribution in [0, 0.1) is 30.9 Å². The van der Waals surface area contributed by atoms with Crippen LogP contribution in [0.3, 0.4) is 0 Å². The second-order valence-electron chi connectivity index (χ2n) is 7.08. The summed E-state index contributed by atoms with van der Waals surface area (Å²) in [6.45, 7) is 21.1. The van der Waals surface area contributed by atoms with E-state index in [0.717, 1.165) is 5.56 Å². The zero-order valence-electron chi connectivity index (χ0n) is 18.5. The molecule has 0 saturated carbocycles. The van der Waals surface area contributed by atoms with Gasteiger partial charge in [0.1, 0.15) is 0 Å². The second-order valence-corrected chi connectivity index (χ2v) is 7.08. The molecule has 0 nitrogen and oxygen atoms in total. The topological polar surface area (TPSA) is 0 Å². The third-order valence-electron chi connectivity index (χ3n) is 5.32. The predicted molar refractivity (Wildman–Crippen MR) is 119 cm³/mol. The summed E-state index contributed by atoms with van der Waals surface area (Å²) in [5.41, 5.74) is 9.56. The molecule has 2 aliphatic carbocycles. The summed E-state index contributed by atoms with van der Waals surface area (Å²) in [6, 6.07) is 9.87. The van der Waals surface area contributed by atoms with Crippen LogP contribution in [0.5, 0.6) is 0 Å². The zero-order valence-corrected chi connectivity index (χ0v) is 21.4. The average molecular weight is 412 g/mol. The minimum atomic E-state index is 0.560. The van der Waals surface area contributed by atoms with Gasteiger partial charge in [-0.15, -0.1) is 26.0 Å². The van der Waals surface area contributed by atoms with E-state index in [4.69, 9.17) is 0 Å². The van der Waals surface area contributed by atoms with Crippen molar-refractivity contribution in [1.29, 1.82) is 0 Å². The Morgan fingerprint density at radius 1 is 0.741 bits per heavy atom. The molecule has 2 atom stereocenters. The molecule has 0 heterocycles. The van der Waals surface area contributed by atoms with E-state index in [2.05, 4.69) is 74.5 Å². The quantitative estimate of drug-likeness (QED) is 0.343. The molecule has 0 radical (unpaired) electrons. The molecule has 0 saturated heterocycles. The van der Waals surface area contributed by atoms with E-state index < -0.39 is 0 Å². The fourth-order valence-corrected chi connectivity index (χ4v) is 2.80. The van der Waals surface area contributed by atoms with Gasteiger partial charge in [-0.05, 0) is 0 Å². The zero-order chi connectivity index (χ0) is 21.1. The molecule has 1 aromatic carbocycles. The maximum absolute atomic E-state index is 3.72. The van der Waals surface area contributed by atoms with Crippen molar-refractivity contribution in [3.05, 3.63) is 88.4 Å². The summed E-state index contributed by atoms with van der Waals surface area (Å²) in [4.78, 5) is 0. The standard InChI is InChI=1S/2C9H13.C7H7.H2Si.Ti/c2*1-6-5-7(2)9(4)8(6)3;1-7-5-3-2-4-6-7;;/h2*6H,1-4H3;2-6H,1H2;1H2;/q3*-1;;. The van der Waals surface area contributed by atoms with Crippen molar-refractivity contribution in [2.45, 2.75) is 55.4 Å². The van der Waals surface area contributed by atoms with Crippen LogP contribution in [0.4, 0.5) is 0 Å². The van der Waals surface area contributed by atoms with Crippen molar-refractivity contribution in [2.75, 3.05) is 0 Å². The molecule has 27 heavy (non-hydrogen) atoms. The first kappa shape index (κ1) is 26.0. The van der Waals surface area contributed by atoms with Crippen LogP contribution in [-0.4, -0.2) is 7.63 Å². The SMILES string of the molecule is CC1=[C-]C(C)C(C)=C1C.CC1=[C-]C(C)C(C)=C1C.[CH2-]c1ccccc1.[SiH2]=[Ti]. The van der Waals surface area contributed by atoms with Crippen LogP contribution in [0.2, 0.25) is 0 Å². The molecule has 0 aliphatic heterocycles. The Morgan fingerprint density at radius 2 is 1.07 bits per heavy atom. The first-order valence-corrected chi connectivity index (χ1v) is 13.4. The van der Waals surface area contributed by atoms with E-state index in [1.807, 2.05) is 57.1 Å². The molecule has 2 unspecified atom stereocenters. The van der Waals surface area contributed by atoms with E-state index in [-0.39, 0.29) is 0 Å². The Bertz CT molecular complexity index is 676. The van der Waals surface area contributed by atoms with Crippen molar-refractivity contribution in [2.24, 2.45) is 11.8 Å². The average Bonchev–Trinajstić information content (AvgIpc) is 3.02. The number of hydrogen-bond donors (Lipinski definition) is 0. The molecule has 0 spiro atoms. The van der Waals surface area contributed by atoms with E-state index in [0.29, 0.717) is 11.8 Å². The van der Waals surface area contributed by atoms with Gasteiger partial charge in [0.25, 0.3) is 0 Å². The van der Waals surface area contributed by atoms with Gasteiger partial charge in [-0.25, -0.2) is 11.1 Å². The van der Waals surface area contributed by atoms with Crippen LogP contribution in [0.15, 0.2) is 63.8 Å². The molecule has 0 fully saturated rings. The maximum atomic E-state index is 3.72. The van der Waals surface area contributed by atoms with Crippen molar-refractivity contribution in [1.82, 2.24) is 0 Å². The Hall–Kier alpha value is -1.02. The van der Waals surface area contributed by atoms with Crippen LogP contribution >= 0.6 is 0 Å². The Labute approximate surface area is 182 Å². The van der Waals surface area contributed by atoms with Crippen LogP contribution < -0.4 is 0 Å². The van der Waals surface area contributed by atoms with Gasteiger partial charge in [0, 0.05) is 0 Å². The fraction of sp³-hybridized carbons (Fsp3) is 0.400. The summed E-state index contributed by atoms with van der Waals surface area (Å²) >= 11 is 2.03. The van der Waals surface area contributed by atoms with Crippen LogP contribution in [0.25, 0.3) is 0 Å². The minimum absolute atomic E-state index is 0.560. The van der Waals surface area contributed by atoms with Crippen LogP contribution in [-0.2, 0) is 19.2 Å². The van der Waals surface area contributed by atoms with Crippen molar-refractivity contribution >= 4 is 7.63 Å². The molecule has 0 N–H and O–H groups in total. The third-order valence-corrected chi connectivity index (χ3v) is 5.32. The van der Waals surface area contributed by atoms with E-state index >= 15 is 0 Å². The molecule has 2 aliphatic rings. The first-order chi connectivity index (χ1) is 12.6. The third kappa shape index (κ3) is 8.68. The Balaban J connectivity index is 0.000000361. The van der Waals surface area contributed by atoms with Gasteiger partial charge in [0.05, 0.1) is 0 Å². The summed E-state index contributed by atoms with van der Waals surface area (Å²) in [5.74, 6) is 1.12. The molecule has 3 rings (SSSR count). The number of hydrogen-bond acceptors (Lipinski definition) is 0. The van der Waals surface area contributed by atoms with Gasteiger partial charge in [-0.2, -0.15) is 46.9 Å². The van der Waals surface area contributed by atoms with Gasteiger partial charge in [0.15, 0.2) is 0 Å². The Kier molecular flexibility index (Phi) is 12.7.